The number of nitrogens with zero attached hydrogens (tertiary/aromatic N) is 3. The highest BCUT2D eigenvalue weighted by Gasteiger charge is 2.66. The van der Waals surface area contributed by atoms with Crippen molar-refractivity contribution in [3.05, 3.63) is 161 Å². The van der Waals surface area contributed by atoms with Gasteiger partial charge in [0.1, 0.15) is 41.4 Å². The van der Waals surface area contributed by atoms with Crippen LogP contribution in [0.3, 0.4) is 0 Å². The van der Waals surface area contributed by atoms with E-state index in [9.17, 15) is 29.1 Å². The molecule has 0 saturated carbocycles. The number of fused-ring (bicyclic) bond motifs is 2. The van der Waals surface area contributed by atoms with Gasteiger partial charge in [0, 0.05) is 23.5 Å². The molecule has 280 valence electrons. The number of likely N-dealkylation sites (tertiary alicyclic amines) is 1. The van der Waals surface area contributed by atoms with Crippen LogP contribution in [0.1, 0.15) is 34.0 Å². The fraction of sp³-hybridized carbons (Fsp3) is 0.308. The summed E-state index contributed by atoms with van der Waals surface area (Å²) >= 11 is 0. The third-order valence-corrected chi connectivity index (χ3v) is 10.2. The van der Waals surface area contributed by atoms with E-state index in [0.717, 1.165) is 14.7 Å². The number of H-pyrrole nitrogens is 2. The zero-order chi connectivity index (χ0) is 38.4. The Balaban J connectivity index is 1.34. The van der Waals surface area contributed by atoms with Crippen LogP contribution in [0.15, 0.2) is 110 Å². The third-order valence-electron chi connectivity index (χ3n) is 10.2. The van der Waals surface area contributed by atoms with Crippen LogP contribution in [-0.4, -0.2) is 80.1 Å². The molecule has 2 bridgehead atoms. The van der Waals surface area contributed by atoms with Gasteiger partial charge in [-0.1, -0.05) is 54.6 Å². The molecule has 4 heterocycles. The lowest BCUT2D eigenvalue weighted by atomic mass is 9.79. The van der Waals surface area contributed by atoms with Crippen molar-refractivity contribution in [3.8, 4) is 11.5 Å². The van der Waals surface area contributed by atoms with E-state index in [1.807, 2.05) is 78.9 Å². The number of aromatic nitrogens is 4. The first-order valence-corrected chi connectivity index (χ1v) is 17.2. The van der Waals surface area contributed by atoms with E-state index in [2.05, 4.69) is 9.97 Å². The Morgan fingerprint density at radius 3 is 1.93 bits per heavy atom. The number of benzene rings is 3. The summed E-state index contributed by atoms with van der Waals surface area (Å²) in [6.45, 7) is 2.06. The fourth-order valence-electron chi connectivity index (χ4n) is 7.39. The summed E-state index contributed by atoms with van der Waals surface area (Å²) < 4.78 is 26.8. The van der Waals surface area contributed by atoms with E-state index >= 15 is 0 Å². The van der Waals surface area contributed by atoms with Crippen molar-refractivity contribution >= 4 is 5.91 Å². The molecule has 2 aromatic heterocycles. The number of amides is 1. The summed E-state index contributed by atoms with van der Waals surface area (Å²) in [4.78, 5) is 70.2. The number of morpholine rings is 1. The number of aryl methyl sites for hydroxylation is 2. The zero-order valence-corrected chi connectivity index (χ0v) is 30.0. The number of carbonyl (C=O) groups is 1. The number of hydrogen-bond donors (Lipinski definition) is 3. The minimum Gasteiger partial charge on any atom is -0.497 e. The van der Waals surface area contributed by atoms with Crippen molar-refractivity contribution in [2.75, 3.05) is 27.4 Å². The fourth-order valence-corrected chi connectivity index (χ4v) is 7.39. The predicted molar refractivity (Wildman–Crippen MR) is 195 cm³/mol. The van der Waals surface area contributed by atoms with Gasteiger partial charge in [0.15, 0.2) is 6.23 Å². The van der Waals surface area contributed by atoms with E-state index in [4.69, 9.17) is 18.9 Å². The maximum Gasteiger partial charge on any atom is 0.330 e. The van der Waals surface area contributed by atoms with E-state index in [-0.39, 0.29) is 24.3 Å². The molecule has 2 fully saturated rings. The SMILES string of the molecule is COc1ccc(C(OC[C@@]23CN(C(=O)Cn4cc(C)c(=O)[nH]c4=O)[C@@H]([C@H](n4cc(C)c(=O)[nH]c4=O)O2)[C@@H]3O)(c2ccccc2)c2ccc(OC)cc2)cc1. The lowest BCUT2D eigenvalue weighted by molar-refractivity contribution is -0.183. The van der Waals surface area contributed by atoms with Gasteiger partial charge in [-0.2, -0.15) is 0 Å². The van der Waals surface area contributed by atoms with Crippen LogP contribution in [0.25, 0.3) is 0 Å². The molecule has 15 nitrogen and oxygen atoms in total. The summed E-state index contributed by atoms with van der Waals surface area (Å²) in [6, 6.07) is 23.1. The molecule has 3 N–H and O–H groups in total. The molecule has 7 rings (SSSR count). The minimum absolute atomic E-state index is 0.182. The molecule has 5 aromatic rings. The van der Waals surface area contributed by atoms with Crippen molar-refractivity contribution in [2.45, 2.75) is 50.0 Å². The second-order valence-corrected chi connectivity index (χ2v) is 13.5. The molecule has 4 atom stereocenters. The molecule has 3 aromatic carbocycles. The molecular formula is C39H39N5O10. The molecule has 2 aliphatic rings. The molecular weight excluding hydrogens is 698 g/mol. The van der Waals surface area contributed by atoms with E-state index in [0.29, 0.717) is 22.6 Å². The molecule has 15 heteroatoms. The number of aliphatic hydroxyl groups excluding tert-OH is 1. The summed E-state index contributed by atoms with van der Waals surface area (Å²) in [6.07, 6.45) is -0.0640. The second kappa shape index (κ2) is 14.1. The Bertz CT molecular complexity index is 2370. The standard InChI is InChI=1S/C39H39N5O10/c1-23-18-42(36(49)40-33(23)47)20-30(45)44-21-38(32(46)31(44)35(54-38)43-19-24(2)34(48)41-37(43)50)22-53-39(25-8-6-5-7-9-25,26-10-14-28(51-3)15-11-26)27-12-16-29(52-4)17-13-27/h5-19,31-32,35,46H,20-22H2,1-4H3,(H,40,47,49)(H,41,48,50)/t31-,32+,35-,38-/m1/s1. The lowest BCUT2D eigenvalue weighted by Crippen LogP contribution is -2.53. The number of aromatic amines is 2. The normalized spacial score (nSPS) is 20.6. The van der Waals surface area contributed by atoms with Gasteiger partial charge in [-0.3, -0.25) is 33.5 Å². The highest BCUT2D eigenvalue weighted by molar-refractivity contribution is 5.77. The van der Waals surface area contributed by atoms with Crippen molar-refractivity contribution in [3.63, 3.8) is 0 Å². The van der Waals surface area contributed by atoms with Crippen molar-refractivity contribution < 1.29 is 28.8 Å². The monoisotopic (exact) mass is 737 g/mol. The van der Waals surface area contributed by atoms with Crippen LogP contribution in [0.2, 0.25) is 0 Å². The van der Waals surface area contributed by atoms with Gasteiger partial charge < -0.3 is 29.0 Å². The number of ether oxygens (including phenoxy) is 4. The first kappa shape index (κ1) is 36.3. The van der Waals surface area contributed by atoms with Crippen LogP contribution in [0, 0.1) is 13.8 Å². The molecule has 0 unspecified atom stereocenters. The Morgan fingerprint density at radius 2 is 1.35 bits per heavy atom. The van der Waals surface area contributed by atoms with Gasteiger partial charge in [-0.25, -0.2) is 9.59 Å². The van der Waals surface area contributed by atoms with Gasteiger partial charge in [-0.05, 0) is 54.8 Å². The van der Waals surface area contributed by atoms with Gasteiger partial charge in [-0.15, -0.1) is 0 Å². The highest BCUT2D eigenvalue weighted by atomic mass is 16.6. The number of methoxy groups -OCH3 is 2. The van der Waals surface area contributed by atoms with Gasteiger partial charge in [0.05, 0.1) is 27.4 Å². The number of aliphatic hydroxyl groups is 1. The number of hydrogen-bond acceptors (Lipinski definition) is 10. The second-order valence-electron chi connectivity index (χ2n) is 13.5. The smallest absolute Gasteiger partial charge is 0.330 e. The Labute approximate surface area is 308 Å². The maximum atomic E-state index is 14.1. The summed E-state index contributed by atoms with van der Waals surface area (Å²) in [7, 11) is 3.14. The molecule has 1 amide bonds. The highest BCUT2D eigenvalue weighted by Crippen LogP contribution is 2.49. The third kappa shape index (κ3) is 6.15. The van der Waals surface area contributed by atoms with Crippen LogP contribution in [0.4, 0.5) is 0 Å². The van der Waals surface area contributed by atoms with E-state index in [1.165, 1.54) is 31.1 Å². The summed E-state index contributed by atoms with van der Waals surface area (Å²) in [5.74, 6) is 0.659. The molecule has 54 heavy (non-hydrogen) atoms. The van der Waals surface area contributed by atoms with Crippen molar-refractivity contribution in [1.82, 2.24) is 24.0 Å². The Hall–Kier alpha value is -6.03. The molecule has 0 radical (unpaired) electrons. The molecule has 0 aliphatic carbocycles. The van der Waals surface area contributed by atoms with Crippen LogP contribution in [-0.2, 0) is 26.4 Å². The van der Waals surface area contributed by atoms with Crippen LogP contribution < -0.4 is 32.0 Å². The van der Waals surface area contributed by atoms with Crippen LogP contribution >= 0.6 is 0 Å². The number of nitrogens with one attached hydrogen (secondary N) is 2. The van der Waals surface area contributed by atoms with Crippen molar-refractivity contribution in [2.24, 2.45) is 0 Å². The maximum absolute atomic E-state index is 14.1. The molecule has 2 saturated heterocycles. The lowest BCUT2D eigenvalue weighted by Gasteiger charge is -2.41. The Kier molecular flexibility index (Phi) is 9.47. The van der Waals surface area contributed by atoms with Crippen molar-refractivity contribution in [1.29, 1.82) is 0 Å². The number of carbonyl (C=O) groups excluding carboxylic acids is 1. The minimum atomic E-state index is -1.61. The summed E-state index contributed by atoms with van der Waals surface area (Å²) in [5, 5.41) is 12.2. The predicted octanol–water partition coefficient (Wildman–Crippen LogP) is 1.57. The largest absolute Gasteiger partial charge is 0.497 e. The zero-order valence-electron chi connectivity index (χ0n) is 30.0. The Morgan fingerprint density at radius 1 is 0.815 bits per heavy atom. The van der Waals surface area contributed by atoms with E-state index < -0.39 is 64.5 Å². The van der Waals surface area contributed by atoms with Gasteiger partial charge in [0.25, 0.3) is 11.1 Å². The van der Waals surface area contributed by atoms with Crippen LogP contribution in [0.5, 0.6) is 11.5 Å². The average molecular weight is 738 g/mol. The van der Waals surface area contributed by atoms with E-state index in [1.54, 1.807) is 14.2 Å². The molecule has 0 spiro atoms. The first-order valence-electron chi connectivity index (χ1n) is 17.2. The molecule has 2 aliphatic heterocycles. The first-order chi connectivity index (χ1) is 25.9. The number of rotatable bonds is 11. The summed E-state index contributed by atoms with van der Waals surface area (Å²) in [5.41, 5.74) is -3.10. The average Bonchev–Trinajstić information content (AvgIpc) is 3.62. The van der Waals surface area contributed by atoms with Gasteiger partial charge >= 0.3 is 11.4 Å². The topological polar surface area (TPSA) is 187 Å². The van der Waals surface area contributed by atoms with Gasteiger partial charge in [0.2, 0.25) is 5.91 Å². The quantitative estimate of drug-likeness (QED) is 0.168.